The van der Waals surface area contributed by atoms with Crippen LogP contribution in [0.1, 0.15) is 29.2 Å². The topological polar surface area (TPSA) is 42.0 Å². The predicted octanol–water partition coefficient (Wildman–Crippen LogP) is 5.09. The number of nitrogens with zero attached hydrogens (tertiary/aromatic N) is 2. The number of anilines is 1. The van der Waals surface area contributed by atoms with Gasteiger partial charge in [-0.15, -0.1) is 0 Å². The first-order chi connectivity index (χ1) is 16.7. The molecule has 0 spiro atoms. The maximum atomic E-state index is 13.3. The number of morpholine rings is 1. The summed E-state index contributed by atoms with van der Waals surface area (Å²) in [5.41, 5.74) is 5.24. The minimum Gasteiger partial charge on any atom is -0.497 e. The standard InChI is InChI=1S/C29H30N2O3/c1-33-26-13-9-24(10-14-26)28-19-29(32)27(21-31(28)20-22-5-3-2-4-6-22)23-7-11-25(12-8-23)30-15-17-34-18-16-30/h2-14,21,28H,15-20H2,1H3. The highest BCUT2D eigenvalue weighted by atomic mass is 16.5. The van der Waals surface area contributed by atoms with Gasteiger partial charge >= 0.3 is 0 Å². The first-order valence-electron chi connectivity index (χ1n) is 11.8. The third-order valence-corrected chi connectivity index (χ3v) is 6.64. The van der Waals surface area contributed by atoms with E-state index >= 15 is 0 Å². The lowest BCUT2D eigenvalue weighted by molar-refractivity contribution is -0.115. The highest BCUT2D eigenvalue weighted by Crippen LogP contribution is 2.36. The lowest BCUT2D eigenvalue weighted by Gasteiger charge is -2.35. The summed E-state index contributed by atoms with van der Waals surface area (Å²) in [6.45, 7) is 4.05. The van der Waals surface area contributed by atoms with E-state index in [-0.39, 0.29) is 11.8 Å². The van der Waals surface area contributed by atoms with Gasteiger partial charge in [-0.3, -0.25) is 4.79 Å². The van der Waals surface area contributed by atoms with Gasteiger partial charge in [-0.1, -0.05) is 54.6 Å². The second-order valence-electron chi connectivity index (χ2n) is 8.76. The van der Waals surface area contributed by atoms with Crippen molar-refractivity contribution < 1.29 is 14.3 Å². The van der Waals surface area contributed by atoms with Gasteiger partial charge in [0.1, 0.15) is 5.75 Å². The molecular formula is C29H30N2O3. The van der Waals surface area contributed by atoms with Crippen LogP contribution in [0.3, 0.4) is 0 Å². The Morgan fingerprint density at radius 3 is 2.29 bits per heavy atom. The van der Waals surface area contributed by atoms with Crippen LogP contribution in [0.15, 0.2) is 85.1 Å². The maximum absolute atomic E-state index is 13.3. The number of hydrogen-bond acceptors (Lipinski definition) is 5. The fourth-order valence-electron chi connectivity index (χ4n) is 4.72. The van der Waals surface area contributed by atoms with E-state index < -0.39 is 0 Å². The predicted molar refractivity (Wildman–Crippen MR) is 135 cm³/mol. The van der Waals surface area contributed by atoms with Crippen molar-refractivity contribution in [3.8, 4) is 5.75 Å². The van der Waals surface area contributed by atoms with Crippen molar-refractivity contribution in [2.75, 3.05) is 38.3 Å². The van der Waals surface area contributed by atoms with Crippen LogP contribution in [-0.4, -0.2) is 44.1 Å². The van der Waals surface area contributed by atoms with Gasteiger partial charge in [-0.25, -0.2) is 0 Å². The highest BCUT2D eigenvalue weighted by molar-refractivity contribution is 6.21. The molecule has 174 valence electrons. The quantitative estimate of drug-likeness (QED) is 0.519. The molecule has 3 aromatic rings. The second-order valence-corrected chi connectivity index (χ2v) is 8.76. The summed E-state index contributed by atoms with van der Waals surface area (Å²) in [5.74, 6) is 0.987. The number of ether oxygens (including phenoxy) is 2. The van der Waals surface area contributed by atoms with Crippen LogP contribution in [0.4, 0.5) is 5.69 Å². The summed E-state index contributed by atoms with van der Waals surface area (Å²) >= 11 is 0. The minimum atomic E-state index is -0.0185. The zero-order valence-electron chi connectivity index (χ0n) is 19.5. The third kappa shape index (κ3) is 4.85. The van der Waals surface area contributed by atoms with Gasteiger partial charge in [0, 0.05) is 43.5 Å². The second kappa shape index (κ2) is 10.1. The molecule has 5 rings (SSSR count). The molecule has 0 saturated carbocycles. The van der Waals surface area contributed by atoms with Gasteiger partial charge in [-0.05, 0) is 41.0 Å². The van der Waals surface area contributed by atoms with Crippen molar-refractivity contribution >= 4 is 17.0 Å². The molecule has 0 bridgehead atoms. The molecule has 5 nitrogen and oxygen atoms in total. The molecule has 5 heteroatoms. The number of Topliss-reactive ketones (excluding diaryl/α,β-unsaturated/α-hetero) is 1. The summed E-state index contributed by atoms with van der Waals surface area (Å²) in [4.78, 5) is 18.0. The minimum absolute atomic E-state index is 0.0185. The Labute approximate surface area is 201 Å². The van der Waals surface area contributed by atoms with Crippen molar-refractivity contribution in [3.63, 3.8) is 0 Å². The molecule has 1 saturated heterocycles. The van der Waals surface area contributed by atoms with Crippen LogP contribution in [0, 0.1) is 0 Å². The first-order valence-corrected chi connectivity index (χ1v) is 11.8. The average Bonchev–Trinajstić information content (AvgIpc) is 2.91. The van der Waals surface area contributed by atoms with Crippen LogP contribution in [0.5, 0.6) is 5.75 Å². The number of benzene rings is 3. The van der Waals surface area contributed by atoms with Crippen molar-refractivity contribution in [3.05, 3.63) is 102 Å². The number of allylic oxidation sites excluding steroid dienone is 1. The van der Waals surface area contributed by atoms with E-state index in [1.54, 1.807) is 7.11 Å². The molecule has 2 heterocycles. The largest absolute Gasteiger partial charge is 0.497 e. The molecule has 0 radical (unpaired) electrons. The Bertz CT molecular complexity index is 1130. The van der Waals surface area contributed by atoms with E-state index in [4.69, 9.17) is 9.47 Å². The first kappa shape index (κ1) is 22.2. The Balaban J connectivity index is 1.45. The molecule has 0 N–H and O–H groups in total. The van der Waals surface area contributed by atoms with E-state index in [1.165, 1.54) is 11.3 Å². The molecule has 1 fully saturated rings. The molecule has 1 atom stereocenters. The van der Waals surface area contributed by atoms with Gasteiger partial charge in [0.25, 0.3) is 0 Å². The van der Waals surface area contributed by atoms with Gasteiger partial charge in [0.2, 0.25) is 0 Å². The fourth-order valence-corrected chi connectivity index (χ4v) is 4.72. The summed E-state index contributed by atoms with van der Waals surface area (Å²) < 4.78 is 10.8. The van der Waals surface area contributed by atoms with E-state index in [0.29, 0.717) is 6.42 Å². The van der Waals surface area contributed by atoms with Gasteiger partial charge in [0.05, 0.1) is 26.4 Å². The number of ketones is 1. The number of carbonyl (C=O) groups excluding carboxylic acids is 1. The number of rotatable bonds is 6. The normalized spacial score (nSPS) is 18.6. The highest BCUT2D eigenvalue weighted by Gasteiger charge is 2.29. The maximum Gasteiger partial charge on any atom is 0.167 e. The summed E-state index contributed by atoms with van der Waals surface area (Å²) in [5, 5.41) is 0. The monoisotopic (exact) mass is 454 g/mol. The summed E-state index contributed by atoms with van der Waals surface area (Å²) in [7, 11) is 1.67. The van der Waals surface area contributed by atoms with Crippen molar-refractivity contribution in [2.24, 2.45) is 0 Å². The molecular weight excluding hydrogens is 424 g/mol. The molecule has 1 unspecified atom stereocenters. The fraction of sp³-hybridized carbons (Fsp3) is 0.276. The van der Waals surface area contributed by atoms with E-state index in [2.05, 4.69) is 76.7 Å². The molecule has 0 aliphatic carbocycles. The van der Waals surface area contributed by atoms with E-state index in [0.717, 1.165) is 55.3 Å². The Morgan fingerprint density at radius 2 is 1.62 bits per heavy atom. The number of hydrogen-bond donors (Lipinski definition) is 0. The third-order valence-electron chi connectivity index (χ3n) is 6.64. The molecule has 0 amide bonds. The number of carbonyl (C=O) groups is 1. The van der Waals surface area contributed by atoms with Gasteiger partial charge < -0.3 is 19.3 Å². The van der Waals surface area contributed by atoms with Crippen LogP contribution in [0.2, 0.25) is 0 Å². The Hall–Kier alpha value is -3.57. The lowest BCUT2D eigenvalue weighted by atomic mass is 9.89. The Morgan fingerprint density at radius 1 is 0.912 bits per heavy atom. The Kier molecular flexibility index (Phi) is 6.63. The van der Waals surface area contributed by atoms with Crippen LogP contribution < -0.4 is 9.64 Å². The number of methoxy groups -OCH3 is 1. The molecule has 2 aliphatic rings. The van der Waals surface area contributed by atoms with Gasteiger partial charge in [0.15, 0.2) is 5.78 Å². The summed E-state index contributed by atoms with van der Waals surface area (Å²) in [6, 6.07) is 26.8. The molecule has 2 aliphatic heterocycles. The summed E-state index contributed by atoms with van der Waals surface area (Å²) in [6.07, 6.45) is 2.49. The van der Waals surface area contributed by atoms with E-state index in [9.17, 15) is 4.79 Å². The molecule has 34 heavy (non-hydrogen) atoms. The van der Waals surface area contributed by atoms with Crippen LogP contribution in [-0.2, 0) is 16.1 Å². The van der Waals surface area contributed by atoms with Gasteiger partial charge in [-0.2, -0.15) is 0 Å². The van der Waals surface area contributed by atoms with E-state index in [1.807, 2.05) is 18.2 Å². The average molecular weight is 455 g/mol. The van der Waals surface area contributed by atoms with Crippen LogP contribution >= 0.6 is 0 Å². The zero-order valence-corrected chi connectivity index (χ0v) is 19.5. The van der Waals surface area contributed by atoms with Crippen molar-refractivity contribution in [1.82, 2.24) is 4.90 Å². The van der Waals surface area contributed by atoms with Crippen molar-refractivity contribution in [1.29, 1.82) is 0 Å². The molecule has 3 aromatic carbocycles. The van der Waals surface area contributed by atoms with Crippen molar-refractivity contribution in [2.45, 2.75) is 19.0 Å². The zero-order chi connectivity index (χ0) is 23.3. The molecule has 0 aromatic heterocycles. The smallest absolute Gasteiger partial charge is 0.167 e. The lowest BCUT2D eigenvalue weighted by Crippen LogP contribution is -2.36. The SMILES string of the molecule is COc1ccc(C2CC(=O)C(c3ccc(N4CCOCC4)cc3)=CN2Cc2ccccc2)cc1. The van der Waals surface area contributed by atoms with Crippen LogP contribution in [0.25, 0.3) is 5.57 Å².